The second-order valence-corrected chi connectivity index (χ2v) is 5.03. The molecule has 6 heteroatoms. The molecule has 1 saturated heterocycles. The fourth-order valence-electron chi connectivity index (χ4n) is 2.28. The Morgan fingerprint density at radius 2 is 2.21 bits per heavy atom. The molecule has 1 aliphatic heterocycles. The van der Waals surface area contributed by atoms with Crippen LogP contribution in [0.25, 0.3) is 0 Å². The van der Waals surface area contributed by atoms with Crippen LogP contribution in [0.1, 0.15) is 27.2 Å². The van der Waals surface area contributed by atoms with Gasteiger partial charge in [-0.15, -0.1) is 0 Å². The van der Waals surface area contributed by atoms with Crippen molar-refractivity contribution in [1.29, 1.82) is 0 Å². The summed E-state index contributed by atoms with van der Waals surface area (Å²) in [6, 6.07) is -0.134. The molecule has 19 heavy (non-hydrogen) atoms. The van der Waals surface area contributed by atoms with Crippen molar-refractivity contribution >= 4 is 11.9 Å². The Bertz CT molecular complexity index is 322. The molecule has 110 valence electrons. The first-order valence-electron chi connectivity index (χ1n) is 6.79. The predicted molar refractivity (Wildman–Crippen MR) is 71.0 cm³/mol. The van der Waals surface area contributed by atoms with Crippen molar-refractivity contribution in [1.82, 2.24) is 9.80 Å². The molecule has 0 bridgehead atoms. The minimum absolute atomic E-state index is 0.0502. The van der Waals surface area contributed by atoms with E-state index in [0.29, 0.717) is 26.2 Å². The van der Waals surface area contributed by atoms with Crippen molar-refractivity contribution in [3.05, 3.63) is 0 Å². The summed E-state index contributed by atoms with van der Waals surface area (Å²) in [6.07, 6.45) is 0.130. The van der Waals surface area contributed by atoms with Gasteiger partial charge in [0, 0.05) is 19.1 Å². The fourth-order valence-corrected chi connectivity index (χ4v) is 2.28. The normalized spacial score (nSPS) is 21.5. The maximum atomic E-state index is 12.2. The highest BCUT2D eigenvalue weighted by molar-refractivity contribution is 5.78. The van der Waals surface area contributed by atoms with Gasteiger partial charge in [0.15, 0.2) is 0 Å². The van der Waals surface area contributed by atoms with E-state index < -0.39 is 5.97 Å². The number of nitrogens with zero attached hydrogens (tertiary/aromatic N) is 2. The van der Waals surface area contributed by atoms with Gasteiger partial charge in [0.2, 0.25) is 5.91 Å². The van der Waals surface area contributed by atoms with Gasteiger partial charge in [-0.2, -0.15) is 0 Å². The number of amides is 1. The van der Waals surface area contributed by atoms with E-state index in [1.807, 2.05) is 25.7 Å². The summed E-state index contributed by atoms with van der Waals surface area (Å²) in [5.41, 5.74) is 0. The molecule has 1 heterocycles. The second-order valence-electron chi connectivity index (χ2n) is 5.03. The summed E-state index contributed by atoms with van der Waals surface area (Å²) in [5.74, 6) is -0.785. The van der Waals surface area contributed by atoms with Crippen LogP contribution in [0, 0.1) is 0 Å². The quantitative estimate of drug-likeness (QED) is 0.759. The summed E-state index contributed by atoms with van der Waals surface area (Å²) in [5, 5.41) is 8.81. The van der Waals surface area contributed by atoms with Crippen molar-refractivity contribution in [2.24, 2.45) is 0 Å². The van der Waals surface area contributed by atoms with E-state index in [1.54, 1.807) is 4.90 Å². The van der Waals surface area contributed by atoms with E-state index in [4.69, 9.17) is 9.84 Å². The first-order chi connectivity index (χ1) is 8.93. The third kappa shape index (κ3) is 5.16. The summed E-state index contributed by atoms with van der Waals surface area (Å²) >= 11 is 0. The number of carbonyl (C=O) groups is 2. The fraction of sp³-hybridized carbons (Fsp3) is 0.846. The lowest BCUT2D eigenvalue weighted by molar-refractivity contribution is -0.142. The van der Waals surface area contributed by atoms with E-state index in [0.717, 1.165) is 0 Å². The number of ether oxygens (including phenoxy) is 1. The zero-order valence-electron chi connectivity index (χ0n) is 12.0. The molecular weight excluding hydrogens is 248 g/mol. The van der Waals surface area contributed by atoms with E-state index in [9.17, 15) is 9.59 Å². The molecule has 2 atom stereocenters. The van der Waals surface area contributed by atoms with Crippen LogP contribution in [0.5, 0.6) is 0 Å². The van der Waals surface area contributed by atoms with Crippen molar-refractivity contribution in [2.75, 3.05) is 32.8 Å². The van der Waals surface area contributed by atoms with Gasteiger partial charge in [0.25, 0.3) is 0 Å². The van der Waals surface area contributed by atoms with Crippen molar-refractivity contribution in [3.63, 3.8) is 0 Å². The van der Waals surface area contributed by atoms with Gasteiger partial charge in [0.05, 0.1) is 25.7 Å². The van der Waals surface area contributed by atoms with Crippen molar-refractivity contribution < 1.29 is 19.4 Å². The van der Waals surface area contributed by atoms with E-state index in [1.165, 1.54) is 0 Å². The van der Waals surface area contributed by atoms with Gasteiger partial charge in [-0.3, -0.25) is 14.5 Å². The Labute approximate surface area is 114 Å². The Morgan fingerprint density at radius 1 is 1.53 bits per heavy atom. The molecule has 1 fully saturated rings. The Hall–Kier alpha value is -1.14. The van der Waals surface area contributed by atoms with Crippen LogP contribution >= 0.6 is 0 Å². The number of rotatable bonds is 6. The van der Waals surface area contributed by atoms with Gasteiger partial charge in [0.1, 0.15) is 0 Å². The summed E-state index contributed by atoms with van der Waals surface area (Å²) in [7, 11) is 0. The lowest BCUT2D eigenvalue weighted by Gasteiger charge is -2.34. The number of carbonyl (C=O) groups excluding carboxylic acids is 1. The molecule has 2 unspecified atom stereocenters. The first kappa shape index (κ1) is 15.9. The first-order valence-corrected chi connectivity index (χ1v) is 6.79. The van der Waals surface area contributed by atoms with Crippen LogP contribution < -0.4 is 0 Å². The molecule has 1 rings (SSSR count). The molecule has 0 spiro atoms. The maximum Gasteiger partial charge on any atom is 0.304 e. The Kier molecular flexibility index (Phi) is 6.24. The van der Waals surface area contributed by atoms with Crippen LogP contribution in [0.15, 0.2) is 0 Å². The number of morpholine rings is 1. The number of likely N-dealkylation sites (N-methyl/N-ethyl adjacent to an activating group) is 1. The van der Waals surface area contributed by atoms with Crippen LogP contribution in [0.2, 0.25) is 0 Å². The number of carboxylic acids is 1. The molecule has 1 amide bonds. The minimum atomic E-state index is -0.835. The third-order valence-corrected chi connectivity index (χ3v) is 3.43. The predicted octanol–water partition coefficient (Wildman–Crippen LogP) is 0.419. The molecule has 6 nitrogen and oxygen atoms in total. The Balaban J connectivity index is 2.50. The van der Waals surface area contributed by atoms with E-state index in [2.05, 4.69) is 0 Å². The molecule has 1 aliphatic rings. The largest absolute Gasteiger partial charge is 0.481 e. The average Bonchev–Trinajstić information content (AvgIpc) is 2.34. The molecule has 0 radical (unpaired) electrons. The topological polar surface area (TPSA) is 70.1 Å². The number of carboxylic acid groups (broad SMARTS) is 1. The van der Waals surface area contributed by atoms with Crippen LogP contribution in [-0.4, -0.2) is 71.7 Å². The number of hydrogen-bond donors (Lipinski definition) is 1. The van der Waals surface area contributed by atoms with Crippen LogP contribution in [-0.2, 0) is 14.3 Å². The molecule has 1 N–H and O–H groups in total. The molecule has 0 aromatic heterocycles. The second kappa shape index (κ2) is 7.45. The summed E-state index contributed by atoms with van der Waals surface area (Å²) in [6.45, 7) is 8.48. The SMILES string of the molecule is CCN(CC(=O)N1CCOC(C)C1)C(C)CC(=O)O. The highest BCUT2D eigenvalue weighted by atomic mass is 16.5. The zero-order valence-corrected chi connectivity index (χ0v) is 12.0. The van der Waals surface area contributed by atoms with Gasteiger partial charge < -0.3 is 14.7 Å². The summed E-state index contributed by atoms with van der Waals surface area (Å²) < 4.78 is 5.40. The third-order valence-electron chi connectivity index (χ3n) is 3.43. The van der Waals surface area contributed by atoms with E-state index >= 15 is 0 Å². The highest BCUT2D eigenvalue weighted by Crippen LogP contribution is 2.08. The van der Waals surface area contributed by atoms with Gasteiger partial charge in [-0.25, -0.2) is 0 Å². The lowest BCUT2D eigenvalue weighted by atomic mass is 10.2. The van der Waals surface area contributed by atoms with E-state index in [-0.39, 0.29) is 31.0 Å². The number of aliphatic carboxylic acids is 1. The molecular formula is C13H24N2O4. The monoisotopic (exact) mass is 272 g/mol. The smallest absolute Gasteiger partial charge is 0.304 e. The maximum absolute atomic E-state index is 12.2. The molecule has 0 aliphatic carbocycles. The minimum Gasteiger partial charge on any atom is -0.481 e. The van der Waals surface area contributed by atoms with Crippen LogP contribution in [0.4, 0.5) is 0 Å². The zero-order chi connectivity index (χ0) is 14.4. The van der Waals surface area contributed by atoms with Crippen molar-refractivity contribution in [2.45, 2.75) is 39.3 Å². The van der Waals surface area contributed by atoms with Crippen molar-refractivity contribution in [3.8, 4) is 0 Å². The lowest BCUT2D eigenvalue weighted by Crippen LogP contribution is -2.49. The average molecular weight is 272 g/mol. The standard InChI is InChI=1S/C13H24N2O4/c1-4-14(10(2)7-13(17)18)9-12(16)15-5-6-19-11(3)8-15/h10-11H,4-9H2,1-3H3,(H,17,18). The highest BCUT2D eigenvalue weighted by Gasteiger charge is 2.24. The number of hydrogen-bond acceptors (Lipinski definition) is 4. The molecule has 0 saturated carbocycles. The van der Waals surface area contributed by atoms with Gasteiger partial charge >= 0.3 is 5.97 Å². The van der Waals surface area contributed by atoms with Gasteiger partial charge in [-0.1, -0.05) is 6.92 Å². The molecule has 0 aromatic carbocycles. The summed E-state index contributed by atoms with van der Waals surface area (Å²) in [4.78, 5) is 26.6. The molecule has 0 aromatic rings. The Morgan fingerprint density at radius 3 is 2.74 bits per heavy atom. The van der Waals surface area contributed by atoms with Crippen LogP contribution in [0.3, 0.4) is 0 Å². The van der Waals surface area contributed by atoms with Gasteiger partial charge in [-0.05, 0) is 20.4 Å².